The van der Waals surface area contributed by atoms with Gasteiger partial charge in [-0.05, 0) is 51.0 Å². The second-order valence-corrected chi connectivity index (χ2v) is 6.16. The van der Waals surface area contributed by atoms with E-state index in [0.29, 0.717) is 18.2 Å². The van der Waals surface area contributed by atoms with Crippen LogP contribution in [0.1, 0.15) is 11.5 Å². The zero-order valence-electron chi connectivity index (χ0n) is 14.2. The number of tetrazole rings is 1. The third kappa shape index (κ3) is 3.06. The number of aromatic nitrogens is 6. The fourth-order valence-electron chi connectivity index (χ4n) is 2.98. The van der Waals surface area contributed by atoms with Gasteiger partial charge < -0.3 is 4.42 Å². The molecule has 0 saturated carbocycles. The molecule has 0 aliphatic heterocycles. The Morgan fingerprint density at radius 1 is 0.852 bits per heavy atom. The first-order valence-electron chi connectivity index (χ1n) is 8.49. The molecule has 2 aromatic heterocycles. The minimum Gasteiger partial charge on any atom is -0.420 e. The number of hydrogen-bond acceptors (Lipinski definition) is 6. The lowest BCUT2D eigenvalue weighted by molar-refractivity contribution is 0.518. The third-order valence-corrected chi connectivity index (χ3v) is 4.37. The minimum absolute atomic E-state index is 0.529. The maximum Gasteiger partial charge on any atom is 0.247 e. The van der Waals surface area contributed by atoms with E-state index in [4.69, 9.17) is 4.42 Å². The average Bonchev–Trinajstić information content (AvgIpc) is 3.41. The van der Waals surface area contributed by atoms with Crippen LogP contribution in [0.15, 0.2) is 77.5 Å². The number of rotatable bonds is 4. The summed E-state index contributed by atoms with van der Waals surface area (Å²) in [6.07, 6.45) is 2.12. The van der Waals surface area contributed by atoms with Gasteiger partial charge in [0.15, 0.2) is 0 Å². The lowest BCUT2D eigenvalue weighted by Gasteiger charge is -2.01. The van der Waals surface area contributed by atoms with Gasteiger partial charge in [0.05, 0.1) is 12.1 Å². The van der Waals surface area contributed by atoms with Gasteiger partial charge in [-0.1, -0.05) is 42.5 Å². The van der Waals surface area contributed by atoms with E-state index in [9.17, 15) is 0 Å². The maximum absolute atomic E-state index is 5.87. The van der Waals surface area contributed by atoms with E-state index in [0.717, 1.165) is 22.2 Å². The topological polar surface area (TPSA) is 82.5 Å². The first-order chi connectivity index (χ1) is 13.3. The minimum atomic E-state index is 0.529. The zero-order chi connectivity index (χ0) is 18.1. The molecule has 0 N–H and O–H groups in total. The highest BCUT2D eigenvalue weighted by Gasteiger charge is 2.10. The van der Waals surface area contributed by atoms with Crippen molar-refractivity contribution in [2.75, 3.05) is 0 Å². The Morgan fingerprint density at radius 3 is 2.52 bits per heavy atom. The highest BCUT2D eigenvalue weighted by molar-refractivity contribution is 5.86. The summed E-state index contributed by atoms with van der Waals surface area (Å²) in [5.41, 5.74) is 2.88. The van der Waals surface area contributed by atoms with Gasteiger partial charge in [0.25, 0.3) is 0 Å². The Hall–Kier alpha value is -3.87. The smallest absolute Gasteiger partial charge is 0.247 e. The van der Waals surface area contributed by atoms with Crippen molar-refractivity contribution in [3.8, 4) is 17.1 Å². The molecule has 7 nitrogen and oxygen atoms in total. The van der Waals surface area contributed by atoms with Crippen LogP contribution in [0.25, 0.3) is 27.9 Å². The van der Waals surface area contributed by atoms with Crippen molar-refractivity contribution < 1.29 is 4.42 Å². The molecule has 0 spiro atoms. The summed E-state index contributed by atoms with van der Waals surface area (Å²) in [5, 5.41) is 21.9. The summed E-state index contributed by atoms with van der Waals surface area (Å²) in [4.78, 5) is 0. The second kappa shape index (κ2) is 6.45. The second-order valence-electron chi connectivity index (χ2n) is 6.16. The molecule has 130 valence electrons. The molecule has 0 aliphatic rings. The number of hydrogen-bond donors (Lipinski definition) is 0. The van der Waals surface area contributed by atoms with E-state index in [1.807, 2.05) is 42.5 Å². The fraction of sp³-hybridized carbons (Fsp3) is 0.0500. The number of nitrogens with zero attached hydrogens (tertiary/aromatic N) is 6. The Labute approximate surface area is 154 Å². The molecule has 0 saturated heterocycles. The molecular weight excluding hydrogens is 340 g/mol. The predicted molar refractivity (Wildman–Crippen MR) is 99.2 cm³/mol. The Bertz CT molecular complexity index is 1190. The first-order valence-corrected chi connectivity index (χ1v) is 8.49. The van der Waals surface area contributed by atoms with Gasteiger partial charge in [-0.25, -0.2) is 4.68 Å². The van der Waals surface area contributed by atoms with Gasteiger partial charge >= 0.3 is 0 Å². The van der Waals surface area contributed by atoms with E-state index in [1.165, 1.54) is 5.39 Å². The van der Waals surface area contributed by atoms with Gasteiger partial charge in [-0.3, -0.25) is 0 Å². The van der Waals surface area contributed by atoms with Crippen molar-refractivity contribution in [3.05, 3.63) is 84.5 Å². The average molecular weight is 354 g/mol. The van der Waals surface area contributed by atoms with Crippen molar-refractivity contribution >= 4 is 10.8 Å². The third-order valence-electron chi connectivity index (χ3n) is 4.37. The van der Waals surface area contributed by atoms with E-state index in [2.05, 4.69) is 50.0 Å². The Balaban J connectivity index is 1.37. The van der Waals surface area contributed by atoms with E-state index in [-0.39, 0.29) is 0 Å². The summed E-state index contributed by atoms with van der Waals surface area (Å²) in [7, 11) is 0. The lowest BCUT2D eigenvalue weighted by Crippen LogP contribution is -1.96. The van der Waals surface area contributed by atoms with Crippen LogP contribution in [-0.2, 0) is 6.42 Å². The van der Waals surface area contributed by atoms with Crippen LogP contribution in [0.5, 0.6) is 0 Å². The molecule has 0 aliphatic carbocycles. The molecule has 5 aromatic rings. The molecule has 0 radical (unpaired) electrons. The first kappa shape index (κ1) is 15.4. The molecule has 7 heteroatoms. The highest BCUT2D eigenvalue weighted by Crippen LogP contribution is 2.24. The van der Waals surface area contributed by atoms with Crippen LogP contribution in [-0.4, -0.2) is 30.4 Å². The molecule has 5 rings (SSSR count). The monoisotopic (exact) mass is 354 g/mol. The van der Waals surface area contributed by atoms with Crippen molar-refractivity contribution in [2.45, 2.75) is 6.42 Å². The largest absolute Gasteiger partial charge is 0.420 e. The highest BCUT2D eigenvalue weighted by atomic mass is 16.4. The fourth-order valence-corrected chi connectivity index (χ4v) is 2.98. The maximum atomic E-state index is 5.87. The van der Waals surface area contributed by atoms with Gasteiger partial charge in [-0.15, -0.1) is 15.3 Å². The molecule has 0 fully saturated rings. The Kier molecular flexibility index (Phi) is 3.68. The Morgan fingerprint density at radius 2 is 1.70 bits per heavy atom. The molecule has 0 bridgehead atoms. The molecule has 0 amide bonds. The quantitative estimate of drug-likeness (QED) is 0.491. The van der Waals surface area contributed by atoms with Gasteiger partial charge in [0, 0.05) is 5.56 Å². The molecule has 3 aromatic carbocycles. The molecule has 27 heavy (non-hydrogen) atoms. The summed E-state index contributed by atoms with van der Waals surface area (Å²) >= 11 is 0. The van der Waals surface area contributed by atoms with Gasteiger partial charge in [-0.2, -0.15) is 0 Å². The van der Waals surface area contributed by atoms with Gasteiger partial charge in [0.2, 0.25) is 11.8 Å². The predicted octanol–water partition coefficient (Wildman–Crippen LogP) is 3.46. The van der Waals surface area contributed by atoms with Crippen LogP contribution in [0.3, 0.4) is 0 Å². The van der Waals surface area contributed by atoms with Crippen LogP contribution in [0.4, 0.5) is 0 Å². The summed E-state index contributed by atoms with van der Waals surface area (Å²) in [6, 6.07) is 22.2. The molecular formula is C20H14N6O. The summed E-state index contributed by atoms with van der Waals surface area (Å²) in [6.45, 7) is 0. The van der Waals surface area contributed by atoms with Crippen LogP contribution < -0.4 is 0 Å². The summed E-state index contributed by atoms with van der Waals surface area (Å²) in [5.74, 6) is 1.11. The lowest BCUT2D eigenvalue weighted by atomic mass is 10.1. The molecule has 2 heterocycles. The van der Waals surface area contributed by atoms with Crippen molar-refractivity contribution in [1.82, 2.24) is 30.4 Å². The standard InChI is InChI=1S/C20H14N6O/c1-2-4-16-12-17(8-7-15(16)3-1)20-23-22-19(27-20)11-14-5-9-18(10-6-14)26-13-21-24-25-26/h1-10,12-13H,11H2. The van der Waals surface area contributed by atoms with E-state index >= 15 is 0 Å². The van der Waals surface area contributed by atoms with Crippen LogP contribution in [0, 0.1) is 0 Å². The summed E-state index contributed by atoms with van der Waals surface area (Å²) < 4.78 is 7.47. The number of fused-ring (bicyclic) bond motifs is 1. The molecule has 0 atom stereocenters. The van der Waals surface area contributed by atoms with Crippen LogP contribution in [0.2, 0.25) is 0 Å². The molecule has 0 unspecified atom stereocenters. The SMILES string of the molecule is c1ccc2cc(-c3nnc(Cc4ccc(-n5cnnn5)cc4)o3)ccc2c1. The van der Waals surface area contributed by atoms with E-state index < -0.39 is 0 Å². The van der Waals surface area contributed by atoms with Crippen molar-refractivity contribution in [1.29, 1.82) is 0 Å². The normalized spacial score (nSPS) is 11.1. The van der Waals surface area contributed by atoms with Crippen molar-refractivity contribution in [3.63, 3.8) is 0 Å². The van der Waals surface area contributed by atoms with Gasteiger partial charge in [0.1, 0.15) is 6.33 Å². The van der Waals surface area contributed by atoms with Crippen molar-refractivity contribution in [2.24, 2.45) is 0 Å². The van der Waals surface area contributed by atoms with E-state index in [1.54, 1.807) is 11.0 Å². The zero-order valence-corrected chi connectivity index (χ0v) is 14.2. The number of benzene rings is 3. The van der Waals surface area contributed by atoms with Crippen LogP contribution >= 0.6 is 0 Å².